The molecule has 8 aromatic carbocycles. The van der Waals surface area contributed by atoms with E-state index in [1.165, 1.54) is 27.8 Å². The molecule has 0 aliphatic heterocycles. The minimum Gasteiger partial charge on any atom is -0.455 e. The highest BCUT2D eigenvalue weighted by Crippen LogP contribution is 2.39. The van der Waals surface area contributed by atoms with Crippen molar-refractivity contribution in [2.45, 2.75) is 0 Å². The Labute approximate surface area is 319 Å². The molecule has 0 saturated heterocycles. The summed E-state index contributed by atoms with van der Waals surface area (Å²) in [5, 5.41) is 2.06. The Bertz CT molecular complexity index is 2840. The van der Waals surface area contributed by atoms with Gasteiger partial charge in [0.1, 0.15) is 11.2 Å². The number of aromatic nitrogens is 3. The summed E-state index contributed by atoms with van der Waals surface area (Å²) in [4.78, 5) is 14.9. The third-order valence-electron chi connectivity index (χ3n) is 10.1. The normalized spacial score (nSPS) is 11.3. The van der Waals surface area contributed by atoms with Crippen LogP contribution >= 0.6 is 0 Å². The minimum absolute atomic E-state index is 0.567. The first kappa shape index (κ1) is 32.2. The maximum absolute atomic E-state index is 6.74. The molecule has 0 saturated carbocycles. The number of fused-ring (bicyclic) bond motifs is 3. The van der Waals surface area contributed by atoms with Crippen LogP contribution in [0.2, 0.25) is 0 Å². The van der Waals surface area contributed by atoms with Crippen LogP contribution in [0.5, 0.6) is 0 Å². The third kappa shape index (κ3) is 6.26. The number of furan rings is 1. The van der Waals surface area contributed by atoms with Crippen molar-refractivity contribution in [2.75, 3.05) is 0 Å². The summed E-state index contributed by atoms with van der Waals surface area (Å²) < 4.78 is 6.74. The quantitative estimate of drug-likeness (QED) is 0.166. The molecule has 10 aromatic rings. The van der Waals surface area contributed by atoms with Gasteiger partial charge >= 0.3 is 0 Å². The molecule has 0 fully saturated rings. The minimum atomic E-state index is 0.567. The fourth-order valence-corrected chi connectivity index (χ4v) is 7.35. The van der Waals surface area contributed by atoms with E-state index in [-0.39, 0.29) is 0 Å². The molecule has 4 nitrogen and oxygen atoms in total. The van der Waals surface area contributed by atoms with E-state index in [2.05, 4.69) is 127 Å². The van der Waals surface area contributed by atoms with Gasteiger partial charge in [-0.3, -0.25) is 0 Å². The lowest BCUT2D eigenvalue weighted by atomic mass is 9.92. The van der Waals surface area contributed by atoms with Crippen LogP contribution in [0.1, 0.15) is 0 Å². The topological polar surface area (TPSA) is 51.8 Å². The maximum Gasteiger partial charge on any atom is 0.167 e. The van der Waals surface area contributed by atoms with Gasteiger partial charge in [-0.1, -0.05) is 158 Å². The Morgan fingerprint density at radius 3 is 1.25 bits per heavy atom. The Hall–Kier alpha value is -7.43. The summed E-state index contributed by atoms with van der Waals surface area (Å²) in [5.74, 6) is 1.80. The third-order valence-corrected chi connectivity index (χ3v) is 10.1. The van der Waals surface area contributed by atoms with E-state index in [4.69, 9.17) is 19.4 Å². The first-order valence-electron chi connectivity index (χ1n) is 18.4. The standard InChI is InChI=1S/C51H33N3O/c1-5-15-34(16-6-1)41-30-42(35-17-7-2-8-18-35)32-43(31-41)39-24-13-23-38(29-39)40-27-28-44-45-25-14-26-46(48(45)55-47(44)33-40)51-53-49(36-19-9-3-10-20-36)52-50(54-51)37-21-11-4-12-22-37/h1-33H. The molecule has 10 rings (SSSR count). The predicted octanol–water partition coefficient (Wildman–Crippen LogP) is 13.4. The molecule has 0 radical (unpaired) electrons. The first-order valence-corrected chi connectivity index (χ1v) is 18.4. The van der Waals surface area contributed by atoms with Crippen LogP contribution < -0.4 is 0 Å². The predicted molar refractivity (Wildman–Crippen MR) is 225 cm³/mol. The lowest BCUT2D eigenvalue weighted by Crippen LogP contribution is -2.00. The molecule has 0 atom stereocenters. The van der Waals surface area contributed by atoms with Crippen LogP contribution in [-0.4, -0.2) is 15.0 Å². The van der Waals surface area contributed by atoms with Gasteiger partial charge in [-0.25, -0.2) is 15.0 Å². The van der Waals surface area contributed by atoms with E-state index in [1.54, 1.807) is 0 Å². The average Bonchev–Trinajstić information content (AvgIpc) is 3.66. The maximum atomic E-state index is 6.74. The van der Waals surface area contributed by atoms with Crippen molar-refractivity contribution in [3.8, 4) is 78.7 Å². The van der Waals surface area contributed by atoms with E-state index in [0.29, 0.717) is 17.5 Å². The van der Waals surface area contributed by atoms with Crippen molar-refractivity contribution >= 4 is 21.9 Å². The summed E-state index contributed by atoms with van der Waals surface area (Å²) >= 11 is 0. The SMILES string of the molecule is c1ccc(-c2cc(-c3ccccc3)cc(-c3cccc(-c4ccc5c(c4)oc4c(-c6nc(-c7ccccc7)nc(-c7ccccc7)n6)cccc45)c3)c2)cc1. The zero-order valence-electron chi connectivity index (χ0n) is 29.8. The lowest BCUT2D eigenvalue weighted by molar-refractivity contribution is 0.669. The molecule has 2 heterocycles. The molecule has 258 valence electrons. The Balaban J connectivity index is 1.07. The highest BCUT2D eigenvalue weighted by molar-refractivity contribution is 6.10. The molecule has 2 aromatic heterocycles. The van der Waals surface area contributed by atoms with Gasteiger partial charge in [0.15, 0.2) is 17.5 Å². The van der Waals surface area contributed by atoms with Gasteiger partial charge in [0.25, 0.3) is 0 Å². The van der Waals surface area contributed by atoms with Crippen molar-refractivity contribution in [1.82, 2.24) is 15.0 Å². The fourth-order valence-electron chi connectivity index (χ4n) is 7.35. The summed E-state index contributed by atoms with van der Waals surface area (Å²) in [7, 11) is 0. The van der Waals surface area contributed by atoms with Crippen LogP contribution in [-0.2, 0) is 0 Å². The lowest BCUT2D eigenvalue weighted by Gasteiger charge is -2.12. The molecule has 0 N–H and O–H groups in total. The molecule has 0 spiro atoms. The summed E-state index contributed by atoms with van der Waals surface area (Å²) in [6, 6.07) is 69.5. The molecule has 0 aliphatic rings. The Morgan fingerprint density at radius 1 is 0.273 bits per heavy atom. The largest absolute Gasteiger partial charge is 0.455 e. The van der Waals surface area contributed by atoms with Crippen LogP contribution in [0, 0.1) is 0 Å². The Morgan fingerprint density at radius 2 is 0.691 bits per heavy atom. The van der Waals surface area contributed by atoms with Crippen LogP contribution in [0.15, 0.2) is 205 Å². The van der Waals surface area contributed by atoms with Gasteiger partial charge in [-0.05, 0) is 87.0 Å². The van der Waals surface area contributed by atoms with Crippen molar-refractivity contribution in [2.24, 2.45) is 0 Å². The van der Waals surface area contributed by atoms with Crippen LogP contribution in [0.25, 0.3) is 101 Å². The molecule has 0 unspecified atom stereocenters. The monoisotopic (exact) mass is 703 g/mol. The van der Waals surface area contributed by atoms with Gasteiger partial charge in [0.2, 0.25) is 0 Å². The van der Waals surface area contributed by atoms with Gasteiger partial charge in [0.05, 0.1) is 5.56 Å². The van der Waals surface area contributed by atoms with Crippen LogP contribution in [0.3, 0.4) is 0 Å². The first-order chi connectivity index (χ1) is 27.2. The second kappa shape index (κ2) is 13.8. The van der Waals surface area contributed by atoms with E-state index < -0.39 is 0 Å². The van der Waals surface area contributed by atoms with Gasteiger partial charge in [0, 0.05) is 21.9 Å². The van der Waals surface area contributed by atoms with Gasteiger partial charge in [-0.15, -0.1) is 0 Å². The smallest absolute Gasteiger partial charge is 0.167 e. The molecular formula is C51H33N3O. The number of para-hydroxylation sites is 1. The zero-order chi connectivity index (χ0) is 36.6. The second-order valence-corrected chi connectivity index (χ2v) is 13.6. The van der Waals surface area contributed by atoms with Gasteiger partial charge < -0.3 is 4.42 Å². The molecule has 0 amide bonds. The number of nitrogens with zero attached hydrogens (tertiary/aromatic N) is 3. The van der Waals surface area contributed by atoms with Gasteiger partial charge in [-0.2, -0.15) is 0 Å². The molecular weight excluding hydrogens is 671 g/mol. The van der Waals surface area contributed by atoms with E-state index in [9.17, 15) is 0 Å². The molecule has 4 heteroatoms. The van der Waals surface area contributed by atoms with E-state index in [1.807, 2.05) is 72.8 Å². The van der Waals surface area contributed by atoms with Crippen molar-refractivity contribution < 1.29 is 4.42 Å². The summed E-state index contributed by atoms with van der Waals surface area (Å²) in [6.45, 7) is 0. The van der Waals surface area contributed by atoms with Crippen molar-refractivity contribution in [3.63, 3.8) is 0 Å². The Kier molecular flexibility index (Phi) is 8.12. The fraction of sp³-hybridized carbons (Fsp3) is 0. The number of hydrogen-bond donors (Lipinski definition) is 0. The summed E-state index contributed by atoms with van der Waals surface area (Å²) in [6.07, 6.45) is 0. The van der Waals surface area contributed by atoms with Crippen LogP contribution in [0.4, 0.5) is 0 Å². The number of benzene rings is 8. The van der Waals surface area contributed by atoms with Crippen molar-refractivity contribution in [3.05, 3.63) is 200 Å². The van der Waals surface area contributed by atoms with Crippen molar-refractivity contribution in [1.29, 1.82) is 0 Å². The number of rotatable bonds is 7. The highest BCUT2D eigenvalue weighted by Gasteiger charge is 2.18. The average molecular weight is 704 g/mol. The molecule has 0 bridgehead atoms. The van der Waals surface area contributed by atoms with E-state index >= 15 is 0 Å². The molecule has 55 heavy (non-hydrogen) atoms. The highest BCUT2D eigenvalue weighted by atomic mass is 16.3. The van der Waals surface area contributed by atoms with E-state index in [0.717, 1.165) is 55.3 Å². The molecule has 0 aliphatic carbocycles. The summed E-state index contributed by atoms with van der Waals surface area (Å²) in [5.41, 5.74) is 13.5. The second-order valence-electron chi connectivity index (χ2n) is 13.6. The zero-order valence-corrected chi connectivity index (χ0v) is 29.8. The number of hydrogen-bond acceptors (Lipinski definition) is 4.